The Bertz CT molecular complexity index is 996. The molecule has 1 N–H and O–H groups in total. The molecule has 1 saturated heterocycles. The van der Waals surface area contributed by atoms with E-state index in [9.17, 15) is 18.0 Å². The summed E-state index contributed by atoms with van der Waals surface area (Å²) < 4.78 is 32.1. The Morgan fingerprint density at radius 2 is 1.81 bits per heavy atom. The molecule has 166 valence electrons. The summed E-state index contributed by atoms with van der Waals surface area (Å²) in [7, 11) is -3.73. The molecule has 0 aliphatic carbocycles. The monoisotopic (exact) mass is 464 g/mol. The molecule has 1 amide bonds. The van der Waals surface area contributed by atoms with Crippen LogP contribution in [0.25, 0.3) is 0 Å². The van der Waals surface area contributed by atoms with Gasteiger partial charge in [0.15, 0.2) is 6.61 Å². The van der Waals surface area contributed by atoms with Gasteiger partial charge in [0.1, 0.15) is 0 Å². The number of hydrogen-bond acceptors (Lipinski definition) is 5. The van der Waals surface area contributed by atoms with E-state index in [1.165, 1.54) is 28.6 Å². The number of hydrogen-bond donors (Lipinski definition) is 1. The highest BCUT2D eigenvalue weighted by Gasteiger charge is 2.34. The second-order valence-corrected chi connectivity index (χ2v) is 9.72. The van der Waals surface area contributed by atoms with E-state index < -0.39 is 21.9 Å². The maximum Gasteiger partial charge on any atom is 0.310 e. The first-order chi connectivity index (χ1) is 14.9. The zero-order valence-corrected chi connectivity index (χ0v) is 18.6. The lowest BCUT2D eigenvalue weighted by Crippen LogP contribution is -2.43. The van der Waals surface area contributed by atoms with Crippen LogP contribution >= 0.6 is 11.6 Å². The van der Waals surface area contributed by atoms with Crippen LogP contribution in [-0.4, -0.2) is 50.8 Å². The van der Waals surface area contributed by atoms with Crippen LogP contribution in [0.1, 0.15) is 18.4 Å². The summed E-state index contributed by atoms with van der Waals surface area (Å²) in [5, 5.41) is 3.16. The molecule has 7 nitrogen and oxygen atoms in total. The normalized spacial score (nSPS) is 17.1. The molecule has 1 atom stereocenters. The van der Waals surface area contributed by atoms with E-state index in [2.05, 4.69) is 5.32 Å². The van der Waals surface area contributed by atoms with Gasteiger partial charge < -0.3 is 10.1 Å². The minimum Gasteiger partial charge on any atom is -0.455 e. The van der Waals surface area contributed by atoms with Gasteiger partial charge in [-0.05, 0) is 49.1 Å². The summed E-state index contributed by atoms with van der Waals surface area (Å²) in [5.74, 6) is -1.55. The molecular weight excluding hydrogens is 440 g/mol. The van der Waals surface area contributed by atoms with Crippen LogP contribution in [0.3, 0.4) is 0 Å². The Morgan fingerprint density at radius 1 is 1.10 bits per heavy atom. The average Bonchev–Trinajstić information content (AvgIpc) is 2.78. The number of ether oxygens (including phenoxy) is 1. The van der Waals surface area contributed by atoms with Gasteiger partial charge in [0.25, 0.3) is 5.91 Å². The van der Waals surface area contributed by atoms with Crippen molar-refractivity contribution in [3.63, 3.8) is 0 Å². The van der Waals surface area contributed by atoms with Crippen LogP contribution in [0, 0.1) is 5.92 Å². The van der Waals surface area contributed by atoms with E-state index in [0.29, 0.717) is 37.4 Å². The molecule has 1 aliphatic heterocycles. The fourth-order valence-corrected chi connectivity index (χ4v) is 5.06. The lowest BCUT2D eigenvalue weighted by Gasteiger charge is -2.30. The SMILES string of the molecule is O=C(COC(=O)C1CCCN(S(=O)(=O)c2ccc(Cl)cc2)C1)NCCc1ccccc1. The van der Waals surface area contributed by atoms with Gasteiger partial charge in [0.2, 0.25) is 10.0 Å². The van der Waals surface area contributed by atoms with Gasteiger partial charge in [-0.15, -0.1) is 0 Å². The summed E-state index contributed by atoms with van der Waals surface area (Å²) in [6.45, 7) is 0.416. The number of halogens is 1. The minimum atomic E-state index is -3.73. The van der Waals surface area contributed by atoms with Crippen molar-refractivity contribution in [2.24, 2.45) is 5.92 Å². The van der Waals surface area contributed by atoms with E-state index in [1.54, 1.807) is 0 Å². The van der Waals surface area contributed by atoms with Crippen molar-refractivity contribution in [2.75, 3.05) is 26.2 Å². The first-order valence-electron chi connectivity index (χ1n) is 10.1. The molecule has 0 saturated carbocycles. The van der Waals surface area contributed by atoms with Gasteiger partial charge >= 0.3 is 5.97 Å². The summed E-state index contributed by atoms with van der Waals surface area (Å²) in [4.78, 5) is 24.5. The number of amides is 1. The van der Waals surface area contributed by atoms with Crippen molar-refractivity contribution in [2.45, 2.75) is 24.2 Å². The van der Waals surface area contributed by atoms with E-state index in [1.807, 2.05) is 30.3 Å². The average molecular weight is 465 g/mol. The molecule has 3 rings (SSSR count). The van der Waals surface area contributed by atoms with Crippen molar-refractivity contribution >= 4 is 33.5 Å². The third-order valence-corrected chi connectivity index (χ3v) is 7.22. The number of benzene rings is 2. The number of nitrogens with zero attached hydrogens (tertiary/aromatic N) is 1. The Morgan fingerprint density at radius 3 is 2.52 bits per heavy atom. The van der Waals surface area contributed by atoms with E-state index in [4.69, 9.17) is 16.3 Å². The third kappa shape index (κ3) is 6.53. The van der Waals surface area contributed by atoms with E-state index in [-0.39, 0.29) is 24.0 Å². The van der Waals surface area contributed by atoms with Gasteiger partial charge in [-0.25, -0.2) is 8.42 Å². The first kappa shape index (κ1) is 23.2. The highest BCUT2D eigenvalue weighted by molar-refractivity contribution is 7.89. The van der Waals surface area contributed by atoms with Crippen molar-refractivity contribution in [1.29, 1.82) is 0 Å². The van der Waals surface area contributed by atoms with Gasteiger partial charge in [0, 0.05) is 24.7 Å². The first-order valence-corrected chi connectivity index (χ1v) is 11.9. The number of rotatable bonds is 8. The molecule has 0 radical (unpaired) electrons. The summed E-state index contributed by atoms with van der Waals surface area (Å²) in [6.07, 6.45) is 1.73. The van der Waals surface area contributed by atoms with Crippen LogP contribution in [0.2, 0.25) is 5.02 Å². The van der Waals surface area contributed by atoms with Gasteiger partial charge in [-0.2, -0.15) is 4.31 Å². The van der Waals surface area contributed by atoms with Crippen molar-refractivity contribution < 1.29 is 22.7 Å². The highest BCUT2D eigenvalue weighted by atomic mass is 35.5. The summed E-state index contributed by atoms with van der Waals surface area (Å²) in [5.41, 5.74) is 1.10. The Labute approximate surface area is 187 Å². The predicted octanol–water partition coefficient (Wildman–Crippen LogP) is 2.64. The molecule has 2 aromatic carbocycles. The van der Waals surface area contributed by atoms with Gasteiger partial charge in [0.05, 0.1) is 10.8 Å². The second kappa shape index (κ2) is 10.7. The molecule has 1 fully saturated rings. The standard InChI is InChI=1S/C22H25ClN2O5S/c23-19-8-10-20(11-9-19)31(28,29)25-14-4-7-18(15-25)22(27)30-16-21(26)24-13-12-17-5-2-1-3-6-17/h1-3,5-6,8-11,18H,4,7,12-16H2,(H,24,26). The van der Waals surface area contributed by atoms with Crippen LogP contribution in [-0.2, 0) is 30.8 Å². The fraction of sp³-hybridized carbons (Fsp3) is 0.364. The number of piperidine rings is 1. The Balaban J connectivity index is 1.47. The maximum absolute atomic E-state index is 12.8. The molecule has 31 heavy (non-hydrogen) atoms. The summed E-state index contributed by atoms with van der Waals surface area (Å²) in [6, 6.07) is 15.6. The number of nitrogens with one attached hydrogen (secondary N) is 1. The number of carbonyl (C=O) groups is 2. The Kier molecular flexibility index (Phi) is 8.06. The number of sulfonamides is 1. The van der Waals surface area contributed by atoms with E-state index in [0.717, 1.165) is 5.56 Å². The van der Waals surface area contributed by atoms with Gasteiger partial charge in [-0.3, -0.25) is 9.59 Å². The quantitative estimate of drug-likeness (QED) is 0.606. The highest BCUT2D eigenvalue weighted by Crippen LogP contribution is 2.25. The molecule has 0 aromatic heterocycles. The van der Waals surface area contributed by atoms with Crippen LogP contribution in [0.15, 0.2) is 59.5 Å². The topological polar surface area (TPSA) is 92.8 Å². The predicted molar refractivity (Wildman–Crippen MR) is 117 cm³/mol. The zero-order chi connectivity index (χ0) is 22.3. The van der Waals surface area contributed by atoms with Crippen molar-refractivity contribution in [3.05, 3.63) is 65.2 Å². The molecule has 1 heterocycles. The number of carbonyl (C=O) groups excluding carboxylic acids is 2. The van der Waals surface area contributed by atoms with Crippen molar-refractivity contribution in [3.8, 4) is 0 Å². The fourth-order valence-electron chi connectivity index (χ4n) is 3.41. The molecule has 1 unspecified atom stereocenters. The molecule has 0 spiro atoms. The lowest BCUT2D eigenvalue weighted by molar-refractivity contribution is -0.153. The third-order valence-electron chi connectivity index (χ3n) is 5.09. The molecule has 1 aliphatic rings. The van der Waals surface area contributed by atoms with Crippen LogP contribution in [0.5, 0.6) is 0 Å². The number of esters is 1. The second-order valence-electron chi connectivity index (χ2n) is 7.35. The molecular formula is C22H25ClN2O5S. The van der Waals surface area contributed by atoms with Gasteiger partial charge in [-0.1, -0.05) is 41.9 Å². The maximum atomic E-state index is 12.8. The van der Waals surface area contributed by atoms with E-state index >= 15 is 0 Å². The lowest BCUT2D eigenvalue weighted by atomic mass is 10.00. The zero-order valence-electron chi connectivity index (χ0n) is 17.0. The molecule has 0 bridgehead atoms. The Hall–Kier alpha value is -2.42. The summed E-state index contributed by atoms with van der Waals surface area (Å²) >= 11 is 5.83. The smallest absolute Gasteiger partial charge is 0.310 e. The molecule has 9 heteroatoms. The van der Waals surface area contributed by atoms with Crippen LogP contribution < -0.4 is 5.32 Å². The van der Waals surface area contributed by atoms with Crippen molar-refractivity contribution in [1.82, 2.24) is 9.62 Å². The largest absolute Gasteiger partial charge is 0.455 e. The molecule has 2 aromatic rings. The minimum absolute atomic E-state index is 0.0272. The van der Waals surface area contributed by atoms with Crippen LogP contribution in [0.4, 0.5) is 0 Å².